The van der Waals surface area contributed by atoms with E-state index in [2.05, 4.69) is 9.97 Å². The summed E-state index contributed by atoms with van der Waals surface area (Å²) < 4.78 is 11.2. The highest BCUT2D eigenvalue weighted by Crippen LogP contribution is 2.44. The van der Waals surface area contributed by atoms with Gasteiger partial charge in [-0.3, -0.25) is 0 Å². The van der Waals surface area contributed by atoms with E-state index in [0.29, 0.717) is 22.8 Å². The molecule has 24 heavy (non-hydrogen) atoms. The molecule has 0 aliphatic carbocycles. The number of hydrogen-bond donors (Lipinski definition) is 1. The number of nitrogens with zero attached hydrogens (tertiary/aromatic N) is 2. The molecule has 0 aliphatic heterocycles. The second-order valence-electron chi connectivity index (χ2n) is 5.02. The molecule has 3 aromatic rings. The van der Waals surface area contributed by atoms with Crippen LogP contribution < -0.4 is 15.2 Å². The third-order valence-corrected chi connectivity index (χ3v) is 3.79. The van der Waals surface area contributed by atoms with Gasteiger partial charge in [0.15, 0.2) is 0 Å². The van der Waals surface area contributed by atoms with Crippen LogP contribution in [0.2, 0.25) is 5.15 Å². The first kappa shape index (κ1) is 16.1. The molecule has 3 rings (SSSR count). The third-order valence-electron chi connectivity index (χ3n) is 3.60. The largest absolute Gasteiger partial charge is 0.496 e. The minimum atomic E-state index is 0.0896. The van der Waals surface area contributed by atoms with Crippen LogP contribution in [0.15, 0.2) is 48.5 Å². The number of rotatable bonds is 4. The van der Waals surface area contributed by atoms with Crippen molar-refractivity contribution in [1.29, 1.82) is 0 Å². The van der Waals surface area contributed by atoms with Gasteiger partial charge in [-0.25, -0.2) is 9.97 Å². The summed E-state index contributed by atoms with van der Waals surface area (Å²) in [4.78, 5) is 8.18. The number of benzene rings is 2. The van der Waals surface area contributed by atoms with Crippen LogP contribution >= 0.6 is 11.6 Å². The fourth-order valence-electron chi connectivity index (χ4n) is 2.60. The standard InChI is InChI=1S/C18H16ClN3O2/c1-23-14-9-8-12(11-6-4-3-5-7-11)17(24-2)16(14)13-10-15(19)22-18(20)21-13/h3-10H,1-2H3,(H2,20,21,22). The Hall–Kier alpha value is -2.79. The molecule has 0 bridgehead atoms. The SMILES string of the molecule is COc1ccc(-c2ccccc2)c(OC)c1-c1cc(Cl)nc(N)n1. The Labute approximate surface area is 145 Å². The first-order chi connectivity index (χ1) is 11.6. The Morgan fingerprint density at radius 3 is 2.33 bits per heavy atom. The van der Waals surface area contributed by atoms with Crippen LogP contribution in [0.3, 0.4) is 0 Å². The number of ether oxygens (including phenoxy) is 2. The molecule has 6 heteroatoms. The van der Waals surface area contributed by atoms with Crippen molar-refractivity contribution in [2.75, 3.05) is 20.0 Å². The number of methoxy groups -OCH3 is 2. The molecule has 1 heterocycles. The number of hydrogen-bond acceptors (Lipinski definition) is 5. The minimum absolute atomic E-state index is 0.0896. The van der Waals surface area contributed by atoms with Gasteiger partial charge in [0.2, 0.25) is 5.95 Å². The molecule has 0 saturated heterocycles. The van der Waals surface area contributed by atoms with E-state index in [0.717, 1.165) is 11.1 Å². The van der Waals surface area contributed by atoms with Gasteiger partial charge < -0.3 is 15.2 Å². The van der Waals surface area contributed by atoms with Gasteiger partial charge in [0.25, 0.3) is 0 Å². The lowest BCUT2D eigenvalue weighted by Gasteiger charge is -2.17. The normalized spacial score (nSPS) is 10.5. The summed E-state index contributed by atoms with van der Waals surface area (Å²) >= 11 is 6.04. The molecule has 0 radical (unpaired) electrons. The van der Waals surface area contributed by atoms with E-state index in [4.69, 9.17) is 26.8 Å². The molecule has 122 valence electrons. The number of halogens is 1. The lowest BCUT2D eigenvalue weighted by molar-refractivity contribution is 0.398. The molecular formula is C18H16ClN3O2. The molecule has 0 aliphatic rings. The van der Waals surface area contributed by atoms with Crippen molar-refractivity contribution >= 4 is 17.5 Å². The van der Waals surface area contributed by atoms with Gasteiger partial charge in [0, 0.05) is 11.6 Å². The zero-order valence-electron chi connectivity index (χ0n) is 13.3. The van der Waals surface area contributed by atoms with Crippen molar-refractivity contribution in [3.05, 3.63) is 53.7 Å². The fourth-order valence-corrected chi connectivity index (χ4v) is 2.79. The Kier molecular flexibility index (Phi) is 4.53. The van der Waals surface area contributed by atoms with E-state index < -0.39 is 0 Å². The maximum Gasteiger partial charge on any atom is 0.221 e. The van der Waals surface area contributed by atoms with Crippen LogP contribution in [0.5, 0.6) is 11.5 Å². The van der Waals surface area contributed by atoms with Crippen molar-refractivity contribution in [3.63, 3.8) is 0 Å². The summed E-state index contributed by atoms with van der Waals surface area (Å²) in [7, 11) is 3.20. The average Bonchev–Trinajstić information content (AvgIpc) is 2.60. The van der Waals surface area contributed by atoms with Gasteiger partial charge in [-0.15, -0.1) is 0 Å². The molecule has 2 N–H and O–H groups in total. The third kappa shape index (κ3) is 2.98. The first-order valence-corrected chi connectivity index (χ1v) is 7.62. The summed E-state index contributed by atoms with van der Waals surface area (Å²) in [6.07, 6.45) is 0. The predicted octanol–water partition coefficient (Wildman–Crippen LogP) is 4.06. The van der Waals surface area contributed by atoms with E-state index in [1.807, 2.05) is 42.5 Å². The summed E-state index contributed by atoms with van der Waals surface area (Å²) in [5, 5.41) is 0.256. The second-order valence-corrected chi connectivity index (χ2v) is 5.41. The molecule has 0 unspecified atom stereocenters. The molecule has 0 fully saturated rings. The van der Waals surface area contributed by atoms with E-state index >= 15 is 0 Å². The van der Waals surface area contributed by atoms with Gasteiger partial charge in [0.05, 0.1) is 25.5 Å². The van der Waals surface area contributed by atoms with Crippen molar-refractivity contribution in [2.45, 2.75) is 0 Å². The summed E-state index contributed by atoms with van der Waals surface area (Å²) in [6, 6.07) is 15.4. The van der Waals surface area contributed by atoms with Gasteiger partial charge in [-0.2, -0.15) is 0 Å². The summed E-state index contributed by atoms with van der Waals surface area (Å²) in [5.41, 5.74) is 8.90. The first-order valence-electron chi connectivity index (χ1n) is 7.25. The second kappa shape index (κ2) is 6.76. The molecule has 1 aromatic heterocycles. The Morgan fingerprint density at radius 2 is 1.71 bits per heavy atom. The van der Waals surface area contributed by atoms with Crippen LogP contribution in [0.4, 0.5) is 5.95 Å². The van der Waals surface area contributed by atoms with Crippen LogP contribution in [0.25, 0.3) is 22.4 Å². The predicted molar refractivity (Wildman–Crippen MR) is 95.4 cm³/mol. The van der Waals surface area contributed by atoms with Gasteiger partial charge >= 0.3 is 0 Å². The quantitative estimate of drug-likeness (QED) is 0.724. The maximum absolute atomic E-state index is 6.04. The van der Waals surface area contributed by atoms with Gasteiger partial charge in [0.1, 0.15) is 16.7 Å². The zero-order valence-corrected chi connectivity index (χ0v) is 14.0. The van der Waals surface area contributed by atoms with Crippen molar-refractivity contribution in [1.82, 2.24) is 9.97 Å². The molecule has 0 atom stereocenters. The van der Waals surface area contributed by atoms with Crippen LogP contribution in [-0.2, 0) is 0 Å². The minimum Gasteiger partial charge on any atom is -0.496 e. The highest BCUT2D eigenvalue weighted by atomic mass is 35.5. The van der Waals surface area contributed by atoms with E-state index in [9.17, 15) is 0 Å². The van der Waals surface area contributed by atoms with Crippen molar-refractivity contribution < 1.29 is 9.47 Å². The Morgan fingerprint density at radius 1 is 0.958 bits per heavy atom. The number of aromatic nitrogens is 2. The number of anilines is 1. The van der Waals surface area contributed by atoms with Crippen LogP contribution in [0.1, 0.15) is 0 Å². The maximum atomic E-state index is 6.04. The van der Waals surface area contributed by atoms with Gasteiger partial charge in [-0.05, 0) is 17.7 Å². The molecule has 5 nitrogen and oxygen atoms in total. The highest BCUT2D eigenvalue weighted by Gasteiger charge is 2.20. The highest BCUT2D eigenvalue weighted by molar-refractivity contribution is 6.29. The van der Waals surface area contributed by atoms with Crippen LogP contribution in [-0.4, -0.2) is 24.2 Å². The topological polar surface area (TPSA) is 70.3 Å². The van der Waals surface area contributed by atoms with E-state index in [1.54, 1.807) is 20.3 Å². The van der Waals surface area contributed by atoms with E-state index in [1.165, 1.54) is 0 Å². The lowest BCUT2D eigenvalue weighted by Crippen LogP contribution is -2.00. The molecule has 0 amide bonds. The molecule has 0 saturated carbocycles. The monoisotopic (exact) mass is 341 g/mol. The number of nitrogens with two attached hydrogens (primary N) is 1. The van der Waals surface area contributed by atoms with Crippen LogP contribution in [0, 0.1) is 0 Å². The van der Waals surface area contributed by atoms with E-state index in [-0.39, 0.29) is 11.1 Å². The lowest BCUT2D eigenvalue weighted by atomic mass is 9.98. The Balaban J connectivity index is 2.30. The summed E-state index contributed by atoms with van der Waals surface area (Å²) in [5.74, 6) is 1.34. The Bertz CT molecular complexity index is 849. The molecular weight excluding hydrogens is 326 g/mol. The van der Waals surface area contributed by atoms with Crippen molar-refractivity contribution in [2.24, 2.45) is 0 Å². The van der Waals surface area contributed by atoms with Crippen molar-refractivity contribution in [3.8, 4) is 33.9 Å². The summed E-state index contributed by atoms with van der Waals surface area (Å²) in [6.45, 7) is 0. The molecule has 0 spiro atoms. The zero-order chi connectivity index (χ0) is 17.1. The smallest absolute Gasteiger partial charge is 0.221 e. The fraction of sp³-hybridized carbons (Fsp3) is 0.111. The molecule has 2 aromatic carbocycles. The average molecular weight is 342 g/mol. The van der Waals surface area contributed by atoms with Gasteiger partial charge in [-0.1, -0.05) is 41.9 Å². The number of nitrogen functional groups attached to an aromatic ring is 1.